The summed E-state index contributed by atoms with van der Waals surface area (Å²) in [7, 11) is 0. The van der Waals surface area contributed by atoms with Crippen LogP contribution in [0.1, 0.15) is 12.8 Å². The number of ether oxygens (including phenoxy) is 1. The quantitative estimate of drug-likeness (QED) is 0.576. The van der Waals surface area contributed by atoms with Gasteiger partial charge in [0.25, 0.3) is 0 Å². The van der Waals surface area contributed by atoms with Crippen LogP contribution in [0, 0.1) is 5.82 Å². The van der Waals surface area contributed by atoms with Crippen molar-refractivity contribution in [1.82, 2.24) is 0 Å². The molecule has 0 unspecified atom stereocenters. The maximum absolute atomic E-state index is 13.2. The Kier molecular flexibility index (Phi) is 2.73. The average Bonchev–Trinajstić information content (AvgIpc) is 3.05. The standard InChI is InChI=1S/C12H12Cl2FNO/c13-8-6-11(9(14)5-10(8)15)16-3-1-12(2-4-16)7-17-12/h5-6H,1-4,7H2. The summed E-state index contributed by atoms with van der Waals surface area (Å²) >= 11 is 11.8. The molecule has 2 heterocycles. The van der Waals surface area contributed by atoms with Crippen molar-refractivity contribution >= 4 is 28.9 Å². The molecule has 0 atom stereocenters. The summed E-state index contributed by atoms with van der Waals surface area (Å²) in [5.41, 5.74) is 0.945. The second kappa shape index (κ2) is 4.01. The van der Waals surface area contributed by atoms with Crippen LogP contribution < -0.4 is 4.90 Å². The fourth-order valence-electron chi connectivity index (χ4n) is 2.30. The van der Waals surface area contributed by atoms with Crippen molar-refractivity contribution in [1.29, 1.82) is 0 Å². The molecule has 1 aromatic rings. The smallest absolute Gasteiger partial charge is 0.143 e. The normalized spacial score (nSPS) is 21.9. The molecule has 0 amide bonds. The molecule has 1 aromatic carbocycles. The van der Waals surface area contributed by atoms with E-state index in [-0.39, 0.29) is 10.6 Å². The Bertz CT molecular complexity index is 452. The van der Waals surface area contributed by atoms with Gasteiger partial charge in [-0.25, -0.2) is 4.39 Å². The molecule has 0 saturated carbocycles. The Morgan fingerprint density at radius 1 is 1.18 bits per heavy atom. The largest absolute Gasteiger partial charge is 0.370 e. The molecule has 0 bridgehead atoms. The van der Waals surface area contributed by atoms with Crippen molar-refractivity contribution in [2.75, 3.05) is 24.6 Å². The highest BCUT2D eigenvalue weighted by Crippen LogP contribution is 2.40. The van der Waals surface area contributed by atoms with Crippen molar-refractivity contribution in [2.24, 2.45) is 0 Å². The minimum atomic E-state index is -0.473. The molecular weight excluding hydrogens is 264 g/mol. The van der Waals surface area contributed by atoms with E-state index in [1.54, 1.807) is 6.07 Å². The topological polar surface area (TPSA) is 15.8 Å². The van der Waals surface area contributed by atoms with Gasteiger partial charge in [0.15, 0.2) is 0 Å². The van der Waals surface area contributed by atoms with Gasteiger partial charge in [0.2, 0.25) is 0 Å². The van der Waals surface area contributed by atoms with Gasteiger partial charge in [0.1, 0.15) is 5.82 Å². The molecule has 2 saturated heterocycles. The first-order valence-electron chi connectivity index (χ1n) is 5.63. The van der Waals surface area contributed by atoms with Crippen LogP contribution in [0.15, 0.2) is 12.1 Å². The molecule has 2 aliphatic heterocycles. The van der Waals surface area contributed by atoms with Crippen molar-refractivity contribution in [2.45, 2.75) is 18.4 Å². The Balaban J connectivity index is 1.82. The lowest BCUT2D eigenvalue weighted by Crippen LogP contribution is -2.37. The van der Waals surface area contributed by atoms with Crippen LogP contribution in [0.3, 0.4) is 0 Å². The Morgan fingerprint density at radius 2 is 1.82 bits per heavy atom. The third-order valence-corrected chi connectivity index (χ3v) is 4.15. The third kappa shape index (κ3) is 2.12. The average molecular weight is 276 g/mol. The number of epoxide rings is 1. The van der Waals surface area contributed by atoms with E-state index in [9.17, 15) is 4.39 Å². The predicted octanol–water partition coefficient (Wildman–Crippen LogP) is 3.50. The number of piperidine rings is 1. The van der Waals surface area contributed by atoms with Gasteiger partial charge in [-0.15, -0.1) is 0 Å². The minimum absolute atomic E-state index is 0.118. The van der Waals surface area contributed by atoms with Crippen LogP contribution in [0.25, 0.3) is 0 Å². The van der Waals surface area contributed by atoms with E-state index in [0.717, 1.165) is 38.2 Å². The van der Waals surface area contributed by atoms with E-state index < -0.39 is 5.82 Å². The first-order valence-corrected chi connectivity index (χ1v) is 6.39. The number of benzene rings is 1. The number of anilines is 1. The van der Waals surface area contributed by atoms with E-state index in [1.807, 2.05) is 0 Å². The lowest BCUT2D eigenvalue weighted by Gasteiger charge is -2.32. The van der Waals surface area contributed by atoms with Gasteiger partial charge < -0.3 is 9.64 Å². The van der Waals surface area contributed by atoms with Gasteiger partial charge in [-0.1, -0.05) is 23.2 Å². The van der Waals surface area contributed by atoms with Gasteiger partial charge in [-0.05, 0) is 25.0 Å². The monoisotopic (exact) mass is 275 g/mol. The summed E-state index contributed by atoms with van der Waals surface area (Å²) < 4.78 is 18.7. The van der Waals surface area contributed by atoms with E-state index in [0.29, 0.717) is 5.02 Å². The molecule has 2 nitrogen and oxygen atoms in total. The molecule has 2 fully saturated rings. The highest BCUT2D eigenvalue weighted by molar-refractivity contribution is 6.35. The summed E-state index contributed by atoms with van der Waals surface area (Å²) in [6.07, 6.45) is 2.00. The van der Waals surface area contributed by atoms with E-state index in [4.69, 9.17) is 27.9 Å². The number of nitrogens with zero attached hydrogens (tertiary/aromatic N) is 1. The zero-order valence-electron chi connectivity index (χ0n) is 9.18. The summed E-state index contributed by atoms with van der Waals surface area (Å²) in [5.74, 6) is -0.473. The maximum atomic E-state index is 13.2. The highest BCUT2D eigenvalue weighted by atomic mass is 35.5. The fraction of sp³-hybridized carbons (Fsp3) is 0.500. The molecule has 0 N–H and O–H groups in total. The zero-order chi connectivity index (χ0) is 12.0. The van der Waals surface area contributed by atoms with Gasteiger partial charge in [-0.2, -0.15) is 0 Å². The maximum Gasteiger partial charge on any atom is 0.143 e. The Labute approximate surface area is 109 Å². The number of hydrogen-bond acceptors (Lipinski definition) is 2. The zero-order valence-corrected chi connectivity index (χ0v) is 10.7. The summed E-state index contributed by atoms with van der Waals surface area (Å²) in [6.45, 7) is 2.63. The molecule has 0 radical (unpaired) electrons. The molecule has 0 aliphatic carbocycles. The van der Waals surface area contributed by atoms with Crippen molar-refractivity contribution in [3.63, 3.8) is 0 Å². The summed E-state index contributed by atoms with van der Waals surface area (Å²) in [6, 6.07) is 2.88. The molecule has 3 rings (SSSR count). The first-order chi connectivity index (χ1) is 8.10. The lowest BCUT2D eigenvalue weighted by molar-refractivity contribution is 0.258. The Hall–Kier alpha value is -0.510. The van der Waals surface area contributed by atoms with Gasteiger partial charge >= 0.3 is 0 Å². The molecule has 92 valence electrons. The number of halogens is 3. The molecular formula is C12H12Cl2FNO. The molecule has 5 heteroatoms. The van der Waals surface area contributed by atoms with E-state index >= 15 is 0 Å². The molecule has 17 heavy (non-hydrogen) atoms. The van der Waals surface area contributed by atoms with E-state index in [2.05, 4.69) is 4.90 Å². The van der Waals surface area contributed by atoms with Gasteiger partial charge in [0, 0.05) is 13.1 Å². The van der Waals surface area contributed by atoms with Crippen LogP contribution in [0.4, 0.5) is 10.1 Å². The van der Waals surface area contributed by atoms with Crippen molar-refractivity contribution < 1.29 is 9.13 Å². The lowest BCUT2D eigenvalue weighted by atomic mass is 9.97. The van der Waals surface area contributed by atoms with Gasteiger partial charge in [-0.3, -0.25) is 0 Å². The Morgan fingerprint density at radius 3 is 2.41 bits per heavy atom. The second-order valence-electron chi connectivity index (χ2n) is 4.68. The van der Waals surface area contributed by atoms with Crippen molar-refractivity contribution in [3.05, 3.63) is 28.0 Å². The van der Waals surface area contributed by atoms with Crippen LogP contribution in [0.2, 0.25) is 10.0 Å². The SMILES string of the molecule is Fc1cc(Cl)c(N2CCC3(CC2)CO3)cc1Cl. The van der Waals surface area contributed by atoms with Crippen molar-refractivity contribution in [3.8, 4) is 0 Å². The molecule has 2 aliphatic rings. The minimum Gasteiger partial charge on any atom is -0.370 e. The molecule has 0 aromatic heterocycles. The number of rotatable bonds is 1. The predicted molar refractivity (Wildman–Crippen MR) is 66.6 cm³/mol. The summed E-state index contributed by atoms with van der Waals surface area (Å²) in [5, 5.41) is 0.534. The fourth-order valence-corrected chi connectivity index (χ4v) is 2.73. The highest BCUT2D eigenvalue weighted by Gasteiger charge is 2.46. The van der Waals surface area contributed by atoms with E-state index in [1.165, 1.54) is 6.07 Å². The third-order valence-electron chi connectivity index (χ3n) is 3.56. The number of hydrogen-bond donors (Lipinski definition) is 0. The summed E-state index contributed by atoms with van der Waals surface area (Å²) in [4.78, 5) is 2.14. The van der Waals surface area contributed by atoms with Crippen LogP contribution in [-0.4, -0.2) is 25.3 Å². The van der Waals surface area contributed by atoms with Crippen LogP contribution in [-0.2, 0) is 4.74 Å². The molecule has 1 spiro atoms. The van der Waals surface area contributed by atoms with Gasteiger partial charge in [0.05, 0.1) is 27.9 Å². The first kappa shape index (κ1) is 11.6. The van der Waals surface area contributed by atoms with Crippen LogP contribution in [0.5, 0.6) is 0 Å². The second-order valence-corrected chi connectivity index (χ2v) is 5.49. The van der Waals surface area contributed by atoms with Crippen LogP contribution >= 0.6 is 23.2 Å².